The molecule has 2 aromatic heterocycles. The Kier molecular flexibility index (Phi) is 5.85. The van der Waals surface area contributed by atoms with Crippen LogP contribution in [0.5, 0.6) is 5.88 Å². The number of hydrogen-bond donors (Lipinski definition) is 2. The second-order valence-electron chi connectivity index (χ2n) is 7.32. The van der Waals surface area contributed by atoms with Crippen molar-refractivity contribution in [3.05, 3.63) is 54.0 Å². The van der Waals surface area contributed by atoms with Gasteiger partial charge in [0.2, 0.25) is 11.8 Å². The molecule has 28 heavy (non-hydrogen) atoms. The van der Waals surface area contributed by atoms with E-state index in [-0.39, 0.29) is 12.0 Å². The number of carbonyl (C=O) groups excluding carboxylic acids is 1. The molecule has 3 aromatic rings. The molecule has 1 aliphatic rings. The van der Waals surface area contributed by atoms with Gasteiger partial charge in [0, 0.05) is 31.1 Å². The van der Waals surface area contributed by atoms with Gasteiger partial charge in [-0.2, -0.15) is 0 Å². The number of hydrogen-bond acceptors (Lipinski definition) is 4. The number of aryl methyl sites for hydroxylation is 1. The van der Waals surface area contributed by atoms with Crippen molar-refractivity contribution in [1.82, 2.24) is 20.3 Å². The molecule has 1 aromatic carbocycles. The molecule has 0 unspecified atom stereocenters. The summed E-state index contributed by atoms with van der Waals surface area (Å²) in [5.74, 6) is 1.61. The standard InChI is InChI=1S/C22H26N4O2/c27-21(13-5-12-20-25-18-10-3-4-11-19(18)26-20)24-15-16-7-6-14-23-22(16)28-17-8-1-2-9-17/h3-4,6-7,10-11,14,17H,1-2,5,8-9,12-13,15H2,(H,24,27)(H,25,26). The van der Waals surface area contributed by atoms with Gasteiger partial charge < -0.3 is 15.0 Å². The summed E-state index contributed by atoms with van der Waals surface area (Å²) in [7, 11) is 0. The van der Waals surface area contributed by atoms with Gasteiger partial charge in [-0.1, -0.05) is 18.2 Å². The molecule has 6 heteroatoms. The lowest BCUT2D eigenvalue weighted by atomic mass is 10.2. The number of para-hydroxylation sites is 2. The summed E-state index contributed by atoms with van der Waals surface area (Å²) in [5.41, 5.74) is 2.93. The third-order valence-electron chi connectivity index (χ3n) is 5.16. The van der Waals surface area contributed by atoms with Gasteiger partial charge in [-0.3, -0.25) is 4.79 Å². The second kappa shape index (κ2) is 8.87. The van der Waals surface area contributed by atoms with Gasteiger partial charge in [0.15, 0.2) is 0 Å². The maximum atomic E-state index is 12.2. The molecular weight excluding hydrogens is 352 g/mol. The summed E-state index contributed by atoms with van der Waals surface area (Å²) >= 11 is 0. The molecule has 4 rings (SSSR count). The monoisotopic (exact) mass is 378 g/mol. The number of carbonyl (C=O) groups is 1. The van der Waals surface area contributed by atoms with Gasteiger partial charge in [0.25, 0.3) is 0 Å². The van der Waals surface area contributed by atoms with E-state index >= 15 is 0 Å². The Morgan fingerprint density at radius 2 is 2.04 bits per heavy atom. The van der Waals surface area contributed by atoms with Crippen molar-refractivity contribution < 1.29 is 9.53 Å². The topological polar surface area (TPSA) is 79.9 Å². The van der Waals surface area contributed by atoms with Crippen molar-refractivity contribution in [2.75, 3.05) is 0 Å². The van der Waals surface area contributed by atoms with E-state index in [1.807, 2.05) is 36.4 Å². The molecule has 6 nitrogen and oxygen atoms in total. The molecule has 1 fully saturated rings. The van der Waals surface area contributed by atoms with Crippen LogP contribution >= 0.6 is 0 Å². The zero-order valence-corrected chi connectivity index (χ0v) is 16.0. The first-order valence-electron chi connectivity index (χ1n) is 10.1. The number of pyridine rings is 1. The molecule has 0 atom stereocenters. The third-order valence-corrected chi connectivity index (χ3v) is 5.16. The number of aromatic nitrogens is 3. The molecule has 0 saturated heterocycles. The highest BCUT2D eigenvalue weighted by Gasteiger charge is 2.18. The highest BCUT2D eigenvalue weighted by atomic mass is 16.5. The number of nitrogens with zero attached hydrogens (tertiary/aromatic N) is 2. The fraction of sp³-hybridized carbons (Fsp3) is 0.409. The predicted molar refractivity (Wildman–Crippen MR) is 108 cm³/mol. The van der Waals surface area contributed by atoms with Crippen molar-refractivity contribution in [2.45, 2.75) is 57.6 Å². The highest BCUT2D eigenvalue weighted by molar-refractivity contribution is 5.76. The van der Waals surface area contributed by atoms with Gasteiger partial charge in [-0.15, -0.1) is 0 Å². The minimum absolute atomic E-state index is 0.0341. The molecule has 2 heterocycles. The van der Waals surface area contributed by atoms with Crippen molar-refractivity contribution in [3.63, 3.8) is 0 Å². The normalized spacial score (nSPS) is 14.4. The number of aromatic amines is 1. The SMILES string of the molecule is O=C(CCCc1nc2ccccc2[nH]1)NCc1cccnc1OC1CCCC1. The number of ether oxygens (including phenoxy) is 1. The van der Waals surface area contributed by atoms with Crippen molar-refractivity contribution in [2.24, 2.45) is 0 Å². The Morgan fingerprint density at radius 1 is 1.18 bits per heavy atom. The van der Waals surface area contributed by atoms with E-state index in [1.165, 1.54) is 12.8 Å². The van der Waals surface area contributed by atoms with Gasteiger partial charge in [-0.05, 0) is 50.3 Å². The van der Waals surface area contributed by atoms with Crippen LogP contribution in [0.15, 0.2) is 42.6 Å². The Labute approximate surface area is 164 Å². The molecular formula is C22H26N4O2. The fourth-order valence-electron chi connectivity index (χ4n) is 3.65. The van der Waals surface area contributed by atoms with E-state index < -0.39 is 0 Å². The average Bonchev–Trinajstić information content (AvgIpc) is 3.36. The summed E-state index contributed by atoms with van der Waals surface area (Å²) < 4.78 is 6.03. The third kappa shape index (κ3) is 4.68. The second-order valence-corrected chi connectivity index (χ2v) is 7.32. The van der Waals surface area contributed by atoms with Crippen LogP contribution in [0.1, 0.15) is 49.9 Å². The lowest BCUT2D eigenvalue weighted by Gasteiger charge is -2.15. The van der Waals surface area contributed by atoms with E-state index in [1.54, 1.807) is 6.20 Å². The molecule has 146 valence electrons. The van der Waals surface area contributed by atoms with Crippen molar-refractivity contribution in [1.29, 1.82) is 0 Å². The zero-order chi connectivity index (χ0) is 19.2. The summed E-state index contributed by atoms with van der Waals surface area (Å²) in [4.78, 5) is 24.4. The number of H-pyrrole nitrogens is 1. The van der Waals surface area contributed by atoms with E-state index in [0.29, 0.717) is 18.8 Å². The van der Waals surface area contributed by atoms with Crippen LogP contribution < -0.4 is 10.1 Å². The Morgan fingerprint density at radius 3 is 2.89 bits per heavy atom. The van der Waals surface area contributed by atoms with Crippen LogP contribution in [0, 0.1) is 0 Å². The number of fused-ring (bicyclic) bond motifs is 1. The minimum Gasteiger partial charge on any atom is -0.474 e. The van der Waals surface area contributed by atoms with Gasteiger partial charge >= 0.3 is 0 Å². The number of nitrogens with one attached hydrogen (secondary N) is 2. The van der Waals surface area contributed by atoms with Crippen LogP contribution in [0.2, 0.25) is 0 Å². The minimum atomic E-state index is 0.0341. The lowest BCUT2D eigenvalue weighted by Crippen LogP contribution is -2.23. The first-order valence-corrected chi connectivity index (χ1v) is 10.1. The Hall–Kier alpha value is -2.89. The first kappa shape index (κ1) is 18.5. The maximum absolute atomic E-state index is 12.2. The Balaban J connectivity index is 1.24. The number of rotatable bonds is 8. The van der Waals surface area contributed by atoms with Crippen LogP contribution in [-0.2, 0) is 17.8 Å². The van der Waals surface area contributed by atoms with Crippen LogP contribution in [-0.4, -0.2) is 27.0 Å². The average molecular weight is 378 g/mol. The van der Waals surface area contributed by atoms with Gasteiger partial charge in [-0.25, -0.2) is 9.97 Å². The van der Waals surface area contributed by atoms with Crippen LogP contribution in [0.3, 0.4) is 0 Å². The van der Waals surface area contributed by atoms with E-state index in [0.717, 1.165) is 48.1 Å². The van der Waals surface area contributed by atoms with E-state index in [9.17, 15) is 4.79 Å². The quantitative estimate of drug-likeness (QED) is 0.623. The molecule has 0 aliphatic heterocycles. The van der Waals surface area contributed by atoms with E-state index in [4.69, 9.17) is 4.74 Å². The molecule has 0 bridgehead atoms. The summed E-state index contributed by atoms with van der Waals surface area (Å²) in [5, 5.41) is 2.99. The fourth-order valence-corrected chi connectivity index (χ4v) is 3.65. The molecule has 2 N–H and O–H groups in total. The lowest BCUT2D eigenvalue weighted by molar-refractivity contribution is -0.121. The number of amides is 1. The first-order chi connectivity index (χ1) is 13.8. The molecule has 1 saturated carbocycles. The van der Waals surface area contributed by atoms with Crippen molar-refractivity contribution >= 4 is 16.9 Å². The van der Waals surface area contributed by atoms with Gasteiger partial charge in [0.05, 0.1) is 11.0 Å². The smallest absolute Gasteiger partial charge is 0.220 e. The summed E-state index contributed by atoms with van der Waals surface area (Å²) in [6.45, 7) is 0.444. The molecule has 1 amide bonds. The van der Waals surface area contributed by atoms with E-state index in [2.05, 4.69) is 20.3 Å². The summed E-state index contributed by atoms with van der Waals surface area (Å²) in [6, 6.07) is 11.8. The largest absolute Gasteiger partial charge is 0.474 e. The van der Waals surface area contributed by atoms with Crippen LogP contribution in [0.4, 0.5) is 0 Å². The molecule has 0 radical (unpaired) electrons. The zero-order valence-electron chi connectivity index (χ0n) is 16.0. The molecule has 0 spiro atoms. The maximum Gasteiger partial charge on any atom is 0.220 e. The van der Waals surface area contributed by atoms with Crippen molar-refractivity contribution in [3.8, 4) is 5.88 Å². The Bertz CT molecular complexity index is 898. The number of benzene rings is 1. The molecule has 1 aliphatic carbocycles. The van der Waals surface area contributed by atoms with Gasteiger partial charge in [0.1, 0.15) is 11.9 Å². The number of imidazole rings is 1. The predicted octanol–water partition coefficient (Wildman–Crippen LogP) is 3.92. The highest BCUT2D eigenvalue weighted by Crippen LogP contribution is 2.25. The van der Waals surface area contributed by atoms with Crippen LogP contribution in [0.25, 0.3) is 11.0 Å². The summed E-state index contributed by atoms with van der Waals surface area (Å²) in [6.07, 6.45) is 8.58.